The lowest BCUT2D eigenvalue weighted by Gasteiger charge is -2.35. The van der Waals surface area contributed by atoms with E-state index in [-0.39, 0.29) is 5.97 Å². The Balaban J connectivity index is 1.56. The predicted octanol–water partition coefficient (Wildman–Crippen LogP) is 1.48. The number of aromatic nitrogens is 2. The second-order valence-electron chi connectivity index (χ2n) is 6.07. The molecule has 6 nitrogen and oxygen atoms in total. The summed E-state index contributed by atoms with van der Waals surface area (Å²) in [5.41, 5.74) is 1.47. The molecule has 0 saturated carbocycles. The van der Waals surface area contributed by atoms with Crippen LogP contribution in [0.25, 0.3) is 10.2 Å². The zero-order chi connectivity index (χ0) is 15.8. The second kappa shape index (κ2) is 6.05. The molecule has 2 aromatic rings. The second-order valence-corrected chi connectivity index (χ2v) is 7.16. The molecule has 1 aliphatic carbocycles. The molecule has 122 valence electrons. The zero-order valence-corrected chi connectivity index (χ0v) is 14.1. The van der Waals surface area contributed by atoms with Gasteiger partial charge in [-0.15, -0.1) is 11.3 Å². The summed E-state index contributed by atoms with van der Waals surface area (Å²) in [6.07, 6.45) is 5.27. The number of hydrogen-bond donors (Lipinski definition) is 0. The van der Waals surface area contributed by atoms with E-state index in [0.29, 0.717) is 6.54 Å². The van der Waals surface area contributed by atoms with Crippen LogP contribution in [0.1, 0.15) is 16.9 Å². The fourth-order valence-electron chi connectivity index (χ4n) is 3.52. The van der Waals surface area contributed by atoms with E-state index < -0.39 is 0 Å². The lowest BCUT2D eigenvalue weighted by atomic mass is 10.1. The first-order chi connectivity index (χ1) is 11.3. The summed E-state index contributed by atoms with van der Waals surface area (Å²) in [4.78, 5) is 27.6. The summed E-state index contributed by atoms with van der Waals surface area (Å²) in [7, 11) is 1.44. The highest BCUT2D eigenvalue weighted by atomic mass is 32.1. The summed E-state index contributed by atoms with van der Waals surface area (Å²) < 4.78 is 4.75. The van der Waals surface area contributed by atoms with Crippen LogP contribution in [0.3, 0.4) is 0 Å². The normalized spacial score (nSPS) is 18.4. The fraction of sp³-hybridized carbons (Fsp3) is 0.562. The molecule has 0 radical (unpaired) electrons. The van der Waals surface area contributed by atoms with Crippen molar-refractivity contribution < 1.29 is 9.53 Å². The third-order valence-corrected chi connectivity index (χ3v) is 5.93. The van der Waals surface area contributed by atoms with Crippen LogP contribution in [0.5, 0.6) is 0 Å². The van der Waals surface area contributed by atoms with Gasteiger partial charge in [0, 0.05) is 31.1 Å². The summed E-state index contributed by atoms with van der Waals surface area (Å²) in [6.45, 7) is 3.85. The van der Waals surface area contributed by atoms with Crippen LogP contribution in [0.15, 0.2) is 6.33 Å². The van der Waals surface area contributed by atoms with Gasteiger partial charge in [0.05, 0.1) is 19.0 Å². The van der Waals surface area contributed by atoms with Crippen molar-refractivity contribution in [1.29, 1.82) is 0 Å². The molecule has 1 fully saturated rings. The molecule has 0 spiro atoms. The van der Waals surface area contributed by atoms with Crippen LogP contribution < -0.4 is 4.90 Å². The van der Waals surface area contributed by atoms with Gasteiger partial charge in [0.1, 0.15) is 17.0 Å². The maximum absolute atomic E-state index is 11.4. The molecule has 3 heterocycles. The maximum Gasteiger partial charge on any atom is 0.319 e. The van der Waals surface area contributed by atoms with Crippen LogP contribution in [0.4, 0.5) is 5.82 Å². The van der Waals surface area contributed by atoms with Crippen molar-refractivity contribution in [3.8, 4) is 0 Å². The number of carbonyl (C=O) groups is 1. The standard InChI is InChI=1S/C16H20N4O2S/c1-22-13(21)9-19-5-7-20(8-6-19)15-14-11-3-2-4-12(11)23-16(14)18-10-17-15/h10H,2-9H2,1H3. The Morgan fingerprint density at radius 2 is 2.09 bits per heavy atom. The topological polar surface area (TPSA) is 58.6 Å². The maximum atomic E-state index is 11.4. The number of nitrogens with zero attached hydrogens (tertiary/aromatic N) is 4. The largest absolute Gasteiger partial charge is 0.468 e. The molecule has 0 aromatic carbocycles. The van der Waals surface area contributed by atoms with E-state index in [4.69, 9.17) is 4.74 Å². The molecule has 7 heteroatoms. The lowest BCUT2D eigenvalue weighted by molar-refractivity contribution is -0.142. The highest BCUT2D eigenvalue weighted by molar-refractivity contribution is 7.19. The Morgan fingerprint density at radius 1 is 1.26 bits per heavy atom. The number of esters is 1. The third kappa shape index (κ3) is 2.68. The number of methoxy groups -OCH3 is 1. The predicted molar refractivity (Wildman–Crippen MR) is 90.1 cm³/mol. The molecule has 0 amide bonds. The summed E-state index contributed by atoms with van der Waals surface area (Å²) in [5.74, 6) is 0.908. The van der Waals surface area contributed by atoms with Crippen molar-refractivity contribution in [3.05, 3.63) is 16.8 Å². The summed E-state index contributed by atoms with van der Waals surface area (Å²) in [6, 6.07) is 0. The van der Waals surface area contributed by atoms with E-state index >= 15 is 0 Å². The van der Waals surface area contributed by atoms with Crippen molar-refractivity contribution in [2.75, 3.05) is 44.7 Å². The van der Waals surface area contributed by atoms with Crippen molar-refractivity contribution in [2.24, 2.45) is 0 Å². The van der Waals surface area contributed by atoms with Gasteiger partial charge in [0.2, 0.25) is 0 Å². The molecule has 1 aliphatic heterocycles. The fourth-order valence-corrected chi connectivity index (χ4v) is 4.74. The molecule has 1 saturated heterocycles. The first-order valence-corrected chi connectivity index (χ1v) is 8.87. The monoisotopic (exact) mass is 332 g/mol. The highest BCUT2D eigenvalue weighted by Crippen LogP contribution is 2.40. The van der Waals surface area contributed by atoms with E-state index in [2.05, 4.69) is 19.8 Å². The van der Waals surface area contributed by atoms with Crippen LogP contribution in [0, 0.1) is 0 Å². The molecular weight excluding hydrogens is 312 g/mol. The minimum atomic E-state index is -0.168. The number of hydrogen-bond acceptors (Lipinski definition) is 7. The van der Waals surface area contributed by atoms with Crippen LogP contribution in [0.2, 0.25) is 0 Å². The van der Waals surface area contributed by atoms with Crippen molar-refractivity contribution in [1.82, 2.24) is 14.9 Å². The van der Waals surface area contributed by atoms with E-state index in [9.17, 15) is 4.79 Å². The smallest absolute Gasteiger partial charge is 0.319 e. The van der Waals surface area contributed by atoms with E-state index in [1.165, 1.54) is 35.8 Å². The SMILES string of the molecule is COC(=O)CN1CCN(c2ncnc3sc4c(c23)CCC4)CC1. The van der Waals surface area contributed by atoms with Crippen LogP contribution in [-0.2, 0) is 22.4 Å². The lowest BCUT2D eigenvalue weighted by Crippen LogP contribution is -2.48. The Kier molecular flexibility index (Phi) is 3.90. The Morgan fingerprint density at radius 3 is 2.87 bits per heavy atom. The van der Waals surface area contributed by atoms with Gasteiger partial charge in [-0.1, -0.05) is 0 Å². The summed E-state index contributed by atoms with van der Waals surface area (Å²) in [5, 5.41) is 1.27. The van der Waals surface area contributed by atoms with Gasteiger partial charge in [-0.25, -0.2) is 9.97 Å². The number of rotatable bonds is 3. The van der Waals surface area contributed by atoms with Crippen molar-refractivity contribution in [2.45, 2.75) is 19.3 Å². The number of aryl methyl sites for hydroxylation is 2. The Labute approximate surface area is 139 Å². The third-order valence-electron chi connectivity index (χ3n) is 4.73. The highest BCUT2D eigenvalue weighted by Gasteiger charge is 2.26. The van der Waals surface area contributed by atoms with Crippen molar-refractivity contribution in [3.63, 3.8) is 0 Å². The number of anilines is 1. The van der Waals surface area contributed by atoms with E-state index in [0.717, 1.165) is 43.2 Å². The van der Waals surface area contributed by atoms with Gasteiger partial charge in [0.25, 0.3) is 0 Å². The summed E-state index contributed by atoms with van der Waals surface area (Å²) >= 11 is 1.83. The first kappa shape index (κ1) is 14.8. The molecule has 2 aliphatic rings. The number of fused-ring (bicyclic) bond motifs is 3. The zero-order valence-electron chi connectivity index (χ0n) is 13.2. The molecule has 0 atom stereocenters. The van der Waals surface area contributed by atoms with Crippen LogP contribution in [-0.4, -0.2) is 60.7 Å². The van der Waals surface area contributed by atoms with Crippen molar-refractivity contribution >= 4 is 33.3 Å². The average Bonchev–Trinajstić information content (AvgIpc) is 3.16. The number of thiophene rings is 1. The Hall–Kier alpha value is -1.73. The molecule has 0 unspecified atom stereocenters. The van der Waals surface area contributed by atoms with Gasteiger partial charge in [-0.3, -0.25) is 9.69 Å². The molecule has 2 aromatic heterocycles. The molecule has 0 N–H and O–H groups in total. The number of carbonyl (C=O) groups excluding carboxylic acids is 1. The minimum Gasteiger partial charge on any atom is -0.468 e. The number of piperazine rings is 1. The molecular formula is C16H20N4O2S. The number of ether oxygens (including phenoxy) is 1. The van der Waals surface area contributed by atoms with E-state index in [1.54, 1.807) is 6.33 Å². The first-order valence-electron chi connectivity index (χ1n) is 8.05. The van der Waals surface area contributed by atoms with Crippen LogP contribution >= 0.6 is 11.3 Å². The Bertz CT molecular complexity index is 737. The van der Waals surface area contributed by atoms with Gasteiger partial charge in [0.15, 0.2) is 0 Å². The molecule has 4 rings (SSSR count). The van der Waals surface area contributed by atoms with Gasteiger partial charge < -0.3 is 9.64 Å². The van der Waals surface area contributed by atoms with E-state index in [1.807, 2.05) is 11.3 Å². The van der Waals surface area contributed by atoms with Gasteiger partial charge in [-0.2, -0.15) is 0 Å². The van der Waals surface area contributed by atoms with Gasteiger partial charge >= 0.3 is 5.97 Å². The minimum absolute atomic E-state index is 0.168. The van der Waals surface area contributed by atoms with Gasteiger partial charge in [-0.05, 0) is 24.8 Å². The quantitative estimate of drug-likeness (QED) is 0.794. The molecule has 23 heavy (non-hydrogen) atoms. The molecule has 0 bridgehead atoms. The average molecular weight is 332 g/mol.